The van der Waals surface area contributed by atoms with Crippen LogP contribution in [0.5, 0.6) is 0 Å². The van der Waals surface area contributed by atoms with Crippen molar-refractivity contribution in [3.63, 3.8) is 0 Å². The monoisotopic (exact) mass is 332 g/mol. The second-order valence-corrected chi connectivity index (χ2v) is 9.63. The molecule has 0 saturated heterocycles. The van der Waals surface area contributed by atoms with Gasteiger partial charge >= 0.3 is 5.97 Å². The average Bonchev–Trinajstić information content (AvgIpc) is 2.82. The Labute approximate surface area is 145 Å². The van der Waals surface area contributed by atoms with Crippen molar-refractivity contribution in [1.82, 2.24) is 0 Å². The van der Waals surface area contributed by atoms with Gasteiger partial charge in [-0.2, -0.15) is 0 Å². The van der Waals surface area contributed by atoms with Crippen molar-refractivity contribution in [3.8, 4) is 0 Å². The lowest BCUT2D eigenvalue weighted by Gasteiger charge is -2.59. The first kappa shape index (κ1) is 16.6. The van der Waals surface area contributed by atoms with Gasteiger partial charge in [-0.3, -0.25) is 9.59 Å². The average molecular weight is 332 g/mol. The molecule has 4 aliphatic rings. The highest BCUT2D eigenvalue weighted by atomic mass is 16.5. The maximum Gasteiger partial charge on any atom is 0.302 e. The topological polar surface area (TPSA) is 43.4 Å². The third-order valence-corrected chi connectivity index (χ3v) is 8.64. The molecule has 7 atom stereocenters. The van der Waals surface area contributed by atoms with E-state index in [2.05, 4.69) is 13.8 Å². The van der Waals surface area contributed by atoms with Crippen LogP contribution in [-0.2, 0) is 14.3 Å². The molecule has 0 spiro atoms. The molecule has 0 aliphatic heterocycles. The first-order valence-electron chi connectivity index (χ1n) is 10.0. The summed E-state index contributed by atoms with van der Waals surface area (Å²) in [5, 5.41) is 0. The van der Waals surface area contributed by atoms with Crippen molar-refractivity contribution in [3.05, 3.63) is 0 Å². The van der Waals surface area contributed by atoms with E-state index in [-0.39, 0.29) is 22.9 Å². The van der Waals surface area contributed by atoms with Crippen molar-refractivity contribution in [2.75, 3.05) is 0 Å². The van der Waals surface area contributed by atoms with Crippen LogP contribution in [0.3, 0.4) is 0 Å². The molecule has 0 heterocycles. The van der Waals surface area contributed by atoms with E-state index >= 15 is 0 Å². The lowest BCUT2D eigenvalue weighted by molar-refractivity contribution is -0.163. The SMILES string of the molecule is CC(=O)O[C@@H]1CC[C@@H]2[C@H]3CC[C@H]4CCC(=O)C[C@]4(C)[C@@H]3CC[C@]21C. The van der Waals surface area contributed by atoms with Crippen molar-refractivity contribution in [2.45, 2.75) is 84.7 Å². The number of hydrogen-bond donors (Lipinski definition) is 0. The van der Waals surface area contributed by atoms with E-state index in [9.17, 15) is 9.59 Å². The minimum Gasteiger partial charge on any atom is -0.462 e. The van der Waals surface area contributed by atoms with Crippen LogP contribution in [0.2, 0.25) is 0 Å². The zero-order valence-electron chi connectivity index (χ0n) is 15.5. The van der Waals surface area contributed by atoms with Crippen LogP contribution < -0.4 is 0 Å². The molecule has 0 aromatic heterocycles. The quantitative estimate of drug-likeness (QED) is 0.663. The van der Waals surface area contributed by atoms with E-state index in [4.69, 9.17) is 4.74 Å². The van der Waals surface area contributed by atoms with E-state index in [1.807, 2.05) is 0 Å². The van der Waals surface area contributed by atoms with Crippen LogP contribution in [0.4, 0.5) is 0 Å². The summed E-state index contributed by atoms with van der Waals surface area (Å²) in [6, 6.07) is 0. The summed E-state index contributed by atoms with van der Waals surface area (Å²) >= 11 is 0. The van der Waals surface area contributed by atoms with Crippen LogP contribution in [0.25, 0.3) is 0 Å². The lowest BCUT2D eigenvalue weighted by Crippen LogP contribution is -2.54. The summed E-state index contributed by atoms with van der Waals surface area (Å²) in [5.74, 6) is 3.23. The first-order valence-corrected chi connectivity index (χ1v) is 10.0. The van der Waals surface area contributed by atoms with Crippen molar-refractivity contribution < 1.29 is 14.3 Å². The normalized spacial score (nSPS) is 50.6. The molecular weight excluding hydrogens is 300 g/mol. The Morgan fingerprint density at radius 1 is 1.00 bits per heavy atom. The second-order valence-electron chi connectivity index (χ2n) is 9.63. The van der Waals surface area contributed by atoms with E-state index in [1.54, 1.807) is 6.92 Å². The van der Waals surface area contributed by atoms with Crippen LogP contribution in [0.15, 0.2) is 0 Å². The number of carbonyl (C=O) groups is 2. The number of Topliss-reactive ketones (excluding diaryl/α,β-unsaturated/α-hetero) is 1. The van der Waals surface area contributed by atoms with Gasteiger partial charge in [0, 0.05) is 25.2 Å². The fraction of sp³-hybridized carbons (Fsp3) is 0.905. The smallest absolute Gasteiger partial charge is 0.302 e. The summed E-state index contributed by atoms with van der Waals surface area (Å²) < 4.78 is 5.72. The minimum absolute atomic E-state index is 0.111. The van der Waals surface area contributed by atoms with Gasteiger partial charge in [0.15, 0.2) is 0 Å². The number of fused-ring (bicyclic) bond motifs is 5. The fourth-order valence-electron chi connectivity index (χ4n) is 7.48. The number of ether oxygens (including phenoxy) is 1. The molecule has 4 fully saturated rings. The minimum atomic E-state index is -0.127. The predicted octanol–water partition coefficient (Wildman–Crippen LogP) is 4.53. The van der Waals surface area contributed by atoms with Gasteiger partial charge in [0.1, 0.15) is 11.9 Å². The predicted molar refractivity (Wildman–Crippen MR) is 92.3 cm³/mol. The van der Waals surface area contributed by atoms with E-state index in [0.717, 1.165) is 43.9 Å². The van der Waals surface area contributed by atoms with Crippen molar-refractivity contribution in [2.24, 2.45) is 34.5 Å². The summed E-state index contributed by atoms with van der Waals surface area (Å²) in [6.07, 6.45) is 10.1. The Hall–Kier alpha value is -0.860. The molecule has 24 heavy (non-hydrogen) atoms. The summed E-state index contributed by atoms with van der Waals surface area (Å²) in [5.41, 5.74) is 0.397. The van der Waals surface area contributed by atoms with E-state index < -0.39 is 0 Å². The molecule has 0 aromatic rings. The van der Waals surface area contributed by atoms with Gasteiger partial charge in [0.25, 0.3) is 0 Å². The molecule has 0 bridgehead atoms. The Balaban J connectivity index is 1.60. The first-order chi connectivity index (χ1) is 11.3. The lowest BCUT2D eigenvalue weighted by atomic mass is 9.45. The molecule has 4 aliphatic carbocycles. The fourth-order valence-corrected chi connectivity index (χ4v) is 7.48. The van der Waals surface area contributed by atoms with E-state index in [1.165, 1.54) is 25.7 Å². The Kier molecular flexibility index (Phi) is 3.85. The molecular formula is C21H32O3. The molecule has 0 radical (unpaired) electrons. The zero-order valence-corrected chi connectivity index (χ0v) is 15.5. The largest absolute Gasteiger partial charge is 0.462 e. The van der Waals surface area contributed by atoms with Crippen LogP contribution in [0, 0.1) is 34.5 Å². The van der Waals surface area contributed by atoms with Crippen LogP contribution in [0.1, 0.15) is 78.6 Å². The molecule has 3 nitrogen and oxygen atoms in total. The van der Waals surface area contributed by atoms with Crippen molar-refractivity contribution in [1.29, 1.82) is 0 Å². The van der Waals surface area contributed by atoms with E-state index in [0.29, 0.717) is 17.6 Å². The Bertz CT molecular complexity index is 555. The Morgan fingerprint density at radius 3 is 2.50 bits per heavy atom. The Morgan fingerprint density at radius 2 is 1.75 bits per heavy atom. The second kappa shape index (κ2) is 5.57. The van der Waals surface area contributed by atoms with Gasteiger partial charge in [-0.05, 0) is 74.0 Å². The molecule has 4 rings (SSSR count). The maximum absolute atomic E-state index is 12.2. The molecule has 0 unspecified atom stereocenters. The van der Waals surface area contributed by atoms with Crippen LogP contribution in [-0.4, -0.2) is 17.9 Å². The van der Waals surface area contributed by atoms with Gasteiger partial charge < -0.3 is 4.74 Å². The zero-order chi connectivity index (χ0) is 17.1. The van der Waals surface area contributed by atoms with Crippen molar-refractivity contribution >= 4 is 11.8 Å². The van der Waals surface area contributed by atoms with Gasteiger partial charge in [-0.25, -0.2) is 0 Å². The standard InChI is InChI=1S/C21H32O3/c1-13(22)24-19-9-8-17-16-7-5-14-4-6-15(23)12-21(14,3)18(16)10-11-20(17,19)2/h14,16-19H,4-12H2,1-3H3/t14-,16-,17-,18-,19-,20-,21+/m1/s1. The molecule has 3 heteroatoms. The number of hydrogen-bond acceptors (Lipinski definition) is 3. The molecule has 0 N–H and O–H groups in total. The van der Waals surface area contributed by atoms with Gasteiger partial charge in [0.05, 0.1) is 0 Å². The van der Waals surface area contributed by atoms with Gasteiger partial charge in [-0.15, -0.1) is 0 Å². The summed E-state index contributed by atoms with van der Waals surface area (Å²) in [7, 11) is 0. The summed E-state index contributed by atoms with van der Waals surface area (Å²) in [6.45, 7) is 6.34. The molecule has 4 saturated carbocycles. The number of rotatable bonds is 1. The highest BCUT2D eigenvalue weighted by molar-refractivity contribution is 5.80. The number of carbonyl (C=O) groups excluding carboxylic acids is 2. The molecule has 134 valence electrons. The number of ketones is 1. The van der Waals surface area contributed by atoms with Crippen LogP contribution >= 0.6 is 0 Å². The molecule has 0 amide bonds. The molecule has 0 aromatic carbocycles. The van der Waals surface area contributed by atoms with Gasteiger partial charge in [0.2, 0.25) is 0 Å². The number of esters is 1. The third-order valence-electron chi connectivity index (χ3n) is 8.64. The maximum atomic E-state index is 12.2. The highest BCUT2D eigenvalue weighted by Crippen LogP contribution is 2.66. The third kappa shape index (κ3) is 2.29. The highest BCUT2D eigenvalue weighted by Gasteiger charge is 2.61. The van der Waals surface area contributed by atoms with Gasteiger partial charge in [-0.1, -0.05) is 13.8 Å². The summed E-state index contributed by atoms with van der Waals surface area (Å²) in [4.78, 5) is 23.7.